The normalized spacial score (nSPS) is 11.9. The Kier molecular flexibility index (Phi) is 5.21. The van der Waals surface area contributed by atoms with Gasteiger partial charge in [-0.05, 0) is 59.0 Å². The first-order chi connectivity index (χ1) is 12.5. The Labute approximate surface area is 149 Å². The number of amides is 1. The minimum absolute atomic E-state index is 0.0896. The van der Waals surface area contributed by atoms with Gasteiger partial charge in [-0.15, -0.1) is 10.2 Å². The number of nitrogens with zero attached hydrogens (tertiary/aromatic N) is 3. The van der Waals surface area contributed by atoms with Crippen LogP contribution in [-0.4, -0.2) is 33.6 Å². The lowest BCUT2D eigenvalue weighted by Crippen LogP contribution is -2.17. The van der Waals surface area contributed by atoms with E-state index in [0.29, 0.717) is 23.3 Å². The minimum Gasteiger partial charge on any atom is -0.497 e. The highest BCUT2D eigenvalue weighted by atomic mass is 19.1. The molecule has 1 unspecified atom stereocenters. The number of hydrogen-bond donors (Lipinski definition) is 2. The smallest absolute Gasteiger partial charge is 0.218 e. The third-order valence-electron chi connectivity index (χ3n) is 4.06. The van der Waals surface area contributed by atoms with Gasteiger partial charge in [0.15, 0.2) is 0 Å². The average molecular weight is 355 g/mol. The zero-order valence-corrected chi connectivity index (χ0v) is 14.1. The molecule has 3 N–H and O–H groups in total. The first kappa shape index (κ1) is 17.5. The number of carbonyl (C=O) groups excluding carboxylic acids is 1. The van der Waals surface area contributed by atoms with Crippen LogP contribution in [0.5, 0.6) is 5.75 Å². The number of ether oxygens (including phenoxy) is 1. The van der Waals surface area contributed by atoms with Gasteiger partial charge < -0.3 is 10.5 Å². The van der Waals surface area contributed by atoms with Crippen molar-refractivity contribution in [3.05, 3.63) is 59.4 Å². The van der Waals surface area contributed by atoms with Crippen LogP contribution in [0.1, 0.15) is 23.5 Å². The van der Waals surface area contributed by atoms with Crippen molar-refractivity contribution < 1.29 is 13.9 Å². The van der Waals surface area contributed by atoms with E-state index in [9.17, 15) is 9.18 Å². The van der Waals surface area contributed by atoms with Crippen LogP contribution in [0.4, 0.5) is 4.39 Å². The molecule has 134 valence electrons. The number of primary amides is 1. The summed E-state index contributed by atoms with van der Waals surface area (Å²) < 4.78 is 19.4. The lowest BCUT2D eigenvalue weighted by molar-refractivity contribution is -0.118. The van der Waals surface area contributed by atoms with Crippen molar-refractivity contribution in [2.45, 2.75) is 18.8 Å². The second kappa shape index (κ2) is 7.73. The first-order valence-electron chi connectivity index (χ1n) is 8.00. The molecule has 3 rings (SSSR count). The predicted molar refractivity (Wildman–Crippen MR) is 92.8 cm³/mol. The van der Waals surface area contributed by atoms with E-state index in [1.54, 1.807) is 13.2 Å². The summed E-state index contributed by atoms with van der Waals surface area (Å²) in [5.74, 6) is -0.191. The molecule has 0 aliphatic carbocycles. The van der Waals surface area contributed by atoms with Crippen LogP contribution in [0.15, 0.2) is 42.5 Å². The second-order valence-electron chi connectivity index (χ2n) is 5.93. The standard InChI is InChI=1S/C18H18FN5O2/c1-26-16-4-2-3-11(6-16)5-12(10-17(20)25)13-7-14(9-15(19)8-13)18-21-23-24-22-18/h2-4,6-9,12H,5,10H2,1H3,(H2,20,25)(H,21,22,23,24). The Hall–Kier alpha value is -3.29. The zero-order chi connectivity index (χ0) is 18.5. The highest BCUT2D eigenvalue weighted by Gasteiger charge is 2.18. The summed E-state index contributed by atoms with van der Waals surface area (Å²) in [7, 11) is 1.59. The van der Waals surface area contributed by atoms with Gasteiger partial charge in [0.05, 0.1) is 7.11 Å². The lowest BCUT2D eigenvalue weighted by Gasteiger charge is -2.17. The maximum absolute atomic E-state index is 14.2. The maximum Gasteiger partial charge on any atom is 0.218 e. The summed E-state index contributed by atoms with van der Waals surface area (Å²) in [6, 6.07) is 12.0. The van der Waals surface area contributed by atoms with Gasteiger partial charge in [0.25, 0.3) is 0 Å². The zero-order valence-electron chi connectivity index (χ0n) is 14.1. The van der Waals surface area contributed by atoms with Crippen molar-refractivity contribution in [3.63, 3.8) is 0 Å². The molecule has 3 aromatic rings. The van der Waals surface area contributed by atoms with Crippen LogP contribution in [-0.2, 0) is 11.2 Å². The van der Waals surface area contributed by atoms with Crippen molar-refractivity contribution in [1.82, 2.24) is 20.6 Å². The van der Waals surface area contributed by atoms with Crippen molar-refractivity contribution in [3.8, 4) is 17.1 Å². The monoisotopic (exact) mass is 355 g/mol. The van der Waals surface area contributed by atoms with E-state index in [2.05, 4.69) is 20.6 Å². The largest absolute Gasteiger partial charge is 0.497 e. The fourth-order valence-corrected chi connectivity index (χ4v) is 2.90. The molecule has 0 saturated heterocycles. The molecule has 0 radical (unpaired) electrons. The van der Waals surface area contributed by atoms with Gasteiger partial charge in [-0.2, -0.15) is 5.21 Å². The molecule has 1 heterocycles. The molecule has 8 heteroatoms. The number of methoxy groups -OCH3 is 1. The first-order valence-corrected chi connectivity index (χ1v) is 8.00. The number of nitrogens with two attached hydrogens (primary N) is 1. The molecule has 1 atom stereocenters. The average Bonchev–Trinajstić information content (AvgIpc) is 3.15. The highest BCUT2D eigenvalue weighted by molar-refractivity contribution is 5.75. The number of carbonyl (C=O) groups is 1. The van der Waals surface area contributed by atoms with E-state index in [-0.39, 0.29) is 18.2 Å². The molecule has 0 aliphatic heterocycles. The number of H-pyrrole nitrogens is 1. The number of benzene rings is 2. The van der Waals surface area contributed by atoms with Gasteiger partial charge in [0, 0.05) is 12.0 Å². The minimum atomic E-state index is -0.455. The Morgan fingerprint density at radius 3 is 2.85 bits per heavy atom. The molecule has 0 aliphatic rings. The summed E-state index contributed by atoms with van der Waals surface area (Å²) in [4.78, 5) is 11.6. The number of aromatic nitrogens is 4. The van der Waals surface area contributed by atoms with Crippen LogP contribution in [0.2, 0.25) is 0 Å². The van der Waals surface area contributed by atoms with Gasteiger partial charge in [0.2, 0.25) is 11.7 Å². The molecule has 0 spiro atoms. The molecular weight excluding hydrogens is 337 g/mol. The van der Waals surface area contributed by atoms with E-state index in [0.717, 1.165) is 5.56 Å². The van der Waals surface area contributed by atoms with Gasteiger partial charge in [-0.3, -0.25) is 4.79 Å². The fraction of sp³-hybridized carbons (Fsp3) is 0.222. The van der Waals surface area contributed by atoms with Gasteiger partial charge in [-0.1, -0.05) is 12.1 Å². The summed E-state index contributed by atoms with van der Waals surface area (Å²) >= 11 is 0. The van der Waals surface area contributed by atoms with Crippen LogP contribution >= 0.6 is 0 Å². The van der Waals surface area contributed by atoms with E-state index in [1.807, 2.05) is 24.3 Å². The summed E-state index contributed by atoms with van der Waals surface area (Å²) in [5, 5.41) is 13.6. The van der Waals surface area contributed by atoms with Crippen LogP contribution < -0.4 is 10.5 Å². The van der Waals surface area contributed by atoms with Crippen LogP contribution in [0.25, 0.3) is 11.4 Å². The predicted octanol–water partition coefficient (Wildman–Crippen LogP) is 2.22. The van der Waals surface area contributed by atoms with E-state index >= 15 is 0 Å². The number of aromatic amines is 1. The summed E-state index contributed by atoms with van der Waals surface area (Å²) in [6.45, 7) is 0. The third-order valence-corrected chi connectivity index (χ3v) is 4.06. The molecule has 1 aromatic heterocycles. The van der Waals surface area contributed by atoms with Crippen LogP contribution in [0, 0.1) is 5.82 Å². The molecule has 0 fully saturated rings. The molecule has 26 heavy (non-hydrogen) atoms. The second-order valence-corrected chi connectivity index (χ2v) is 5.93. The fourth-order valence-electron chi connectivity index (χ4n) is 2.90. The van der Waals surface area contributed by atoms with Gasteiger partial charge in [0.1, 0.15) is 11.6 Å². The molecule has 0 bridgehead atoms. The number of rotatable bonds is 7. The molecule has 1 amide bonds. The SMILES string of the molecule is COc1cccc(CC(CC(N)=O)c2cc(F)cc(-c3nn[nH]n3)c2)c1. The number of halogens is 1. The molecule has 2 aromatic carbocycles. The van der Waals surface area contributed by atoms with Crippen molar-refractivity contribution in [2.75, 3.05) is 7.11 Å². The van der Waals surface area contributed by atoms with Gasteiger partial charge in [-0.25, -0.2) is 4.39 Å². The van der Waals surface area contributed by atoms with Crippen molar-refractivity contribution in [1.29, 1.82) is 0 Å². The molecule has 0 saturated carbocycles. The van der Waals surface area contributed by atoms with Crippen LogP contribution in [0.3, 0.4) is 0 Å². The Bertz CT molecular complexity index is 898. The molecule has 7 nitrogen and oxygen atoms in total. The van der Waals surface area contributed by atoms with Crippen molar-refractivity contribution >= 4 is 5.91 Å². The Morgan fingerprint density at radius 1 is 1.31 bits per heavy atom. The Morgan fingerprint density at radius 2 is 2.15 bits per heavy atom. The van der Waals surface area contributed by atoms with E-state index in [4.69, 9.17) is 10.5 Å². The highest BCUT2D eigenvalue weighted by Crippen LogP contribution is 2.29. The Balaban J connectivity index is 1.95. The summed E-state index contributed by atoms with van der Waals surface area (Å²) in [6.07, 6.45) is 0.599. The quantitative estimate of drug-likeness (QED) is 0.676. The van der Waals surface area contributed by atoms with E-state index in [1.165, 1.54) is 12.1 Å². The number of hydrogen-bond acceptors (Lipinski definition) is 5. The van der Waals surface area contributed by atoms with Crippen molar-refractivity contribution in [2.24, 2.45) is 5.73 Å². The number of tetrazole rings is 1. The topological polar surface area (TPSA) is 107 Å². The third kappa shape index (κ3) is 4.21. The molecular formula is C18H18FN5O2. The maximum atomic E-state index is 14.2. The van der Waals surface area contributed by atoms with Gasteiger partial charge >= 0.3 is 0 Å². The van der Waals surface area contributed by atoms with E-state index < -0.39 is 11.7 Å². The summed E-state index contributed by atoms with van der Waals surface area (Å²) in [5.41, 5.74) is 7.50. The lowest BCUT2D eigenvalue weighted by atomic mass is 9.88. The number of nitrogens with one attached hydrogen (secondary N) is 1.